The third-order valence-electron chi connectivity index (χ3n) is 5.41. The smallest absolute Gasteiger partial charge is 0.234 e. The van der Waals surface area contributed by atoms with E-state index >= 15 is 0 Å². The van der Waals surface area contributed by atoms with Crippen molar-refractivity contribution < 1.29 is 4.79 Å². The van der Waals surface area contributed by atoms with E-state index in [0.29, 0.717) is 39.0 Å². The predicted octanol–water partition coefficient (Wildman–Crippen LogP) is 5.37. The van der Waals surface area contributed by atoms with Gasteiger partial charge in [-0.1, -0.05) is 60.1 Å². The van der Waals surface area contributed by atoms with Gasteiger partial charge in [0.2, 0.25) is 11.3 Å². The van der Waals surface area contributed by atoms with Gasteiger partial charge in [-0.05, 0) is 43.1 Å². The minimum Gasteiger partial charge on any atom is -0.344 e. The number of amides is 1. The second-order valence-electron chi connectivity index (χ2n) is 8.06. The Labute approximate surface area is 216 Å². The molecule has 0 unspecified atom stereocenters. The fourth-order valence-electron chi connectivity index (χ4n) is 3.78. The number of halogens is 1. The number of fused-ring (bicyclic) bond motifs is 1. The average Bonchev–Trinajstić information content (AvgIpc) is 2.89. The fraction of sp³-hybridized carbons (Fsp3) is 0.0741. The van der Waals surface area contributed by atoms with Crippen molar-refractivity contribution in [2.75, 3.05) is 0 Å². The second-order valence-corrected chi connectivity index (χ2v) is 9.33. The lowest BCUT2D eigenvalue weighted by atomic mass is 10.0. The van der Waals surface area contributed by atoms with Gasteiger partial charge in [0.1, 0.15) is 5.15 Å². The summed E-state index contributed by atoms with van der Waals surface area (Å²) >= 11 is 7.43. The highest BCUT2D eigenvalue weighted by Crippen LogP contribution is 2.31. The van der Waals surface area contributed by atoms with Crippen molar-refractivity contribution in [2.45, 2.75) is 18.2 Å². The zero-order chi connectivity index (χ0) is 25.1. The van der Waals surface area contributed by atoms with Crippen molar-refractivity contribution in [1.82, 2.24) is 24.7 Å². The minimum atomic E-state index is -0.353. The molecule has 5 aromatic rings. The van der Waals surface area contributed by atoms with Crippen molar-refractivity contribution in [3.05, 3.63) is 106 Å². The van der Waals surface area contributed by atoms with Crippen LogP contribution in [0.3, 0.4) is 0 Å². The number of carbonyl (C=O) groups excluding carboxylic acids is 1. The number of hydrogen-bond acceptors (Lipinski definition) is 6. The van der Waals surface area contributed by atoms with Gasteiger partial charge in [0.15, 0.2) is 11.2 Å². The summed E-state index contributed by atoms with van der Waals surface area (Å²) in [6, 6.07) is 22.6. The first-order chi connectivity index (χ1) is 17.5. The number of nitrogens with zero attached hydrogens (tertiary/aromatic N) is 3. The number of benzene rings is 2. The largest absolute Gasteiger partial charge is 0.344 e. The third-order valence-corrected chi connectivity index (χ3v) is 6.44. The number of aromatic amines is 1. The Hall–Kier alpha value is -4.01. The molecule has 0 aliphatic rings. The highest BCUT2D eigenvalue weighted by Gasteiger charge is 2.18. The molecule has 5 rings (SSSR count). The van der Waals surface area contributed by atoms with E-state index in [0.717, 1.165) is 10.5 Å². The number of pyridine rings is 2. The van der Waals surface area contributed by atoms with Crippen molar-refractivity contribution in [3.8, 4) is 22.5 Å². The average molecular weight is 514 g/mol. The predicted molar refractivity (Wildman–Crippen MR) is 143 cm³/mol. The lowest BCUT2D eigenvalue weighted by Gasteiger charge is -2.12. The molecule has 36 heavy (non-hydrogen) atoms. The molecular weight excluding hydrogens is 494 g/mol. The van der Waals surface area contributed by atoms with E-state index in [-0.39, 0.29) is 23.3 Å². The molecule has 7 nitrogen and oxygen atoms in total. The molecule has 0 atom stereocenters. The lowest BCUT2D eigenvalue weighted by Crippen LogP contribution is -2.23. The summed E-state index contributed by atoms with van der Waals surface area (Å²) in [6.45, 7) is 1.84. The van der Waals surface area contributed by atoms with Gasteiger partial charge >= 0.3 is 0 Å². The van der Waals surface area contributed by atoms with E-state index in [1.807, 2.05) is 73.7 Å². The van der Waals surface area contributed by atoms with Gasteiger partial charge < -0.3 is 4.98 Å². The molecule has 0 saturated carbocycles. The highest BCUT2D eigenvalue weighted by atomic mass is 35.5. The Balaban J connectivity index is 1.55. The Kier molecular flexibility index (Phi) is 6.79. The summed E-state index contributed by atoms with van der Waals surface area (Å²) in [5.41, 5.74) is 3.79. The fourth-order valence-corrected chi connectivity index (χ4v) is 4.62. The topological polar surface area (TPSA) is 101 Å². The molecule has 1 amide bonds. The summed E-state index contributed by atoms with van der Waals surface area (Å²) in [6.07, 6.45) is 1.43. The molecular formula is C27H20ClN5O2S. The Morgan fingerprint density at radius 3 is 2.36 bits per heavy atom. The van der Waals surface area contributed by atoms with Crippen molar-refractivity contribution in [1.29, 1.82) is 0 Å². The molecule has 0 bridgehead atoms. The maximum Gasteiger partial charge on any atom is 0.234 e. The van der Waals surface area contributed by atoms with E-state index < -0.39 is 0 Å². The summed E-state index contributed by atoms with van der Waals surface area (Å²) in [4.78, 5) is 43.6. The molecule has 3 heterocycles. The van der Waals surface area contributed by atoms with Crippen molar-refractivity contribution in [3.63, 3.8) is 0 Å². The zero-order valence-electron chi connectivity index (χ0n) is 19.2. The molecule has 0 saturated heterocycles. The first-order valence-corrected chi connectivity index (χ1v) is 12.3. The van der Waals surface area contributed by atoms with E-state index in [9.17, 15) is 9.59 Å². The summed E-state index contributed by atoms with van der Waals surface area (Å²) < 4.78 is 2.77. The zero-order valence-corrected chi connectivity index (χ0v) is 20.7. The molecule has 0 radical (unpaired) electrons. The van der Waals surface area contributed by atoms with Crippen LogP contribution in [-0.4, -0.2) is 25.8 Å². The van der Waals surface area contributed by atoms with Gasteiger partial charge in [-0.25, -0.2) is 15.0 Å². The lowest BCUT2D eigenvalue weighted by molar-refractivity contribution is -0.118. The Bertz CT molecular complexity index is 1600. The number of nitrogens with one attached hydrogen (secondary N) is 2. The Morgan fingerprint density at radius 2 is 1.64 bits per heavy atom. The number of carbonyl (C=O) groups is 1. The third kappa shape index (κ3) is 5.15. The molecule has 3 aromatic heterocycles. The van der Waals surface area contributed by atoms with Crippen LogP contribution < -0.4 is 10.2 Å². The van der Waals surface area contributed by atoms with E-state index in [1.54, 1.807) is 6.07 Å². The van der Waals surface area contributed by atoms with Gasteiger partial charge in [-0.2, -0.15) is 0 Å². The molecule has 2 N–H and O–H groups in total. The van der Waals surface area contributed by atoms with Crippen LogP contribution >= 0.6 is 23.5 Å². The Morgan fingerprint density at radius 1 is 0.944 bits per heavy atom. The van der Waals surface area contributed by atoms with Crippen LogP contribution in [0.25, 0.3) is 33.7 Å². The monoisotopic (exact) mass is 513 g/mol. The molecule has 9 heteroatoms. The van der Waals surface area contributed by atoms with Crippen LogP contribution in [0.15, 0.2) is 88.7 Å². The summed E-state index contributed by atoms with van der Waals surface area (Å²) in [7, 11) is 0. The molecule has 0 aliphatic heterocycles. The van der Waals surface area contributed by atoms with Gasteiger partial charge in [0.05, 0.1) is 17.8 Å². The maximum absolute atomic E-state index is 13.4. The number of hydrogen-bond donors (Lipinski definition) is 2. The minimum absolute atomic E-state index is 0.0945. The quantitative estimate of drug-likeness (QED) is 0.234. The van der Waals surface area contributed by atoms with Crippen LogP contribution in [0.1, 0.15) is 11.3 Å². The van der Waals surface area contributed by atoms with Crippen molar-refractivity contribution >= 4 is 40.6 Å². The second kappa shape index (κ2) is 10.3. The number of aryl methyl sites for hydroxylation is 1. The van der Waals surface area contributed by atoms with Gasteiger partial charge in [0, 0.05) is 33.5 Å². The SMILES string of the molecule is Cc1cc(-c2nc3c(=O)c(CC(=O)NSc4ccccc4)c[nH]c3nc2-c2ccccc2)cc(Cl)n1. The van der Waals surface area contributed by atoms with E-state index in [1.165, 1.54) is 18.1 Å². The molecule has 0 spiro atoms. The number of rotatable bonds is 6. The summed E-state index contributed by atoms with van der Waals surface area (Å²) in [5.74, 6) is -0.292. The first-order valence-electron chi connectivity index (χ1n) is 11.1. The van der Waals surface area contributed by atoms with E-state index in [4.69, 9.17) is 21.6 Å². The summed E-state index contributed by atoms with van der Waals surface area (Å²) in [5, 5.41) is 0.321. The van der Waals surface area contributed by atoms with Crippen molar-refractivity contribution in [2.24, 2.45) is 0 Å². The molecule has 0 fully saturated rings. The number of H-pyrrole nitrogens is 1. The number of aromatic nitrogens is 4. The first kappa shape index (κ1) is 23.7. The standard InChI is InChI=1S/C27H20ClN5O2S/c1-16-12-18(13-21(28)30-16)24-23(17-8-4-2-5-9-17)32-27-25(31-24)26(35)19(15-29-27)14-22(34)33-36-20-10-6-3-7-11-20/h2-13,15H,14H2,1H3,(H,33,34)(H,29,32,35). The molecule has 178 valence electrons. The van der Waals surface area contributed by atoms with Crippen LogP contribution in [0.4, 0.5) is 0 Å². The van der Waals surface area contributed by atoms with Crippen LogP contribution in [0.2, 0.25) is 5.15 Å². The van der Waals surface area contributed by atoms with Crippen LogP contribution in [-0.2, 0) is 11.2 Å². The van der Waals surface area contributed by atoms with E-state index in [2.05, 4.69) is 14.7 Å². The van der Waals surface area contributed by atoms with Crippen LogP contribution in [0, 0.1) is 6.92 Å². The normalized spacial score (nSPS) is 10.9. The van der Waals surface area contributed by atoms with Gasteiger partial charge in [-0.3, -0.25) is 14.3 Å². The van der Waals surface area contributed by atoms with Gasteiger partial charge in [-0.15, -0.1) is 0 Å². The van der Waals surface area contributed by atoms with Crippen LogP contribution in [0.5, 0.6) is 0 Å². The van der Waals surface area contributed by atoms with Gasteiger partial charge in [0.25, 0.3) is 0 Å². The molecule has 0 aliphatic carbocycles. The molecule has 2 aromatic carbocycles. The highest BCUT2D eigenvalue weighted by molar-refractivity contribution is 7.98. The maximum atomic E-state index is 13.4.